The van der Waals surface area contributed by atoms with E-state index in [1.807, 2.05) is 0 Å². The standard InChI is InChI=1S/C10H13NO/c1-2-6-11-9(12)10-5-3-4-8(10)7-10/h1,8H,3-7H2,(H,11,12). The van der Waals surface area contributed by atoms with Crippen molar-refractivity contribution in [2.75, 3.05) is 6.54 Å². The van der Waals surface area contributed by atoms with Crippen LogP contribution in [-0.4, -0.2) is 12.5 Å². The van der Waals surface area contributed by atoms with Crippen LogP contribution in [0.2, 0.25) is 0 Å². The van der Waals surface area contributed by atoms with Gasteiger partial charge in [0.1, 0.15) is 0 Å². The highest BCUT2D eigenvalue weighted by molar-refractivity contribution is 5.86. The predicted octanol–water partition coefficient (Wildman–Crippen LogP) is 0.926. The molecule has 2 fully saturated rings. The van der Waals surface area contributed by atoms with Crippen LogP contribution < -0.4 is 5.32 Å². The number of nitrogens with one attached hydrogen (secondary N) is 1. The molecule has 2 atom stereocenters. The highest BCUT2D eigenvalue weighted by Gasteiger charge is 2.61. The fourth-order valence-corrected chi connectivity index (χ4v) is 2.43. The van der Waals surface area contributed by atoms with Crippen LogP contribution in [0.3, 0.4) is 0 Å². The first-order chi connectivity index (χ1) is 5.79. The van der Waals surface area contributed by atoms with Crippen molar-refractivity contribution in [2.24, 2.45) is 11.3 Å². The second-order valence-corrected chi connectivity index (χ2v) is 3.84. The molecule has 0 aromatic heterocycles. The largest absolute Gasteiger partial charge is 0.345 e. The maximum atomic E-state index is 11.6. The Morgan fingerprint density at radius 1 is 1.75 bits per heavy atom. The second-order valence-electron chi connectivity index (χ2n) is 3.84. The van der Waals surface area contributed by atoms with Gasteiger partial charge in [-0.05, 0) is 25.2 Å². The first kappa shape index (κ1) is 7.67. The lowest BCUT2D eigenvalue weighted by atomic mass is 10.0. The molecule has 0 saturated heterocycles. The number of carbonyl (C=O) groups is 1. The first-order valence-electron chi connectivity index (χ1n) is 4.51. The van der Waals surface area contributed by atoms with Crippen molar-refractivity contribution in [2.45, 2.75) is 25.7 Å². The second kappa shape index (κ2) is 2.52. The SMILES string of the molecule is C#CCNC(=O)C12CCCC1C2. The third-order valence-corrected chi connectivity index (χ3v) is 3.21. The van der Waals surface area contributed by atoms with Gasteiger partial charge < -0.3 is 5.32 Å². The van der Waals surface area contributed by atoms with Crippen LogP contribution >= 0.6 is 0 Å². The summed E-state index contributed by atoms with van der Waals surface area (Å²) in [4.78, 5) is 11.6. The van der Waals surface area contributed by atoms with E-state index < -0.39 is 0 Å². The van der Waals surface area contributed by atoms with Crippen LogP contribution in [0.25, 0.3) is 0 Å². The van der Waals surface area contributed by atoms with Crippen molar-refractivity contribution < 1.29 is 4.79 Å². The number of rotatable bonds is 2. The lowest BCUT2D eigenvalue weighted by molar-refractivity contribution is -0.126. The molecule has 0 radical (unpaired) electrons. The summed E-state index contributed by atoms with van der Waals surface area (Å²) in [7, 11) is 0. The Hall–Kier alpha value is -0.970. The highest BCUT2D eigenvalue weighted by Crippen LogP contribution is 2.63. The minimum Gasteiger partial charge on any atom is -0.345 e. The van der Waals surface area contributed by atoms with Crippen LogP contribution in [0, 0.1) is 23.7 Å². The monoisotopic (exact) mass is 163 g/mol. The minimum absolute atomic E-state index is 0.0247. The van der Waals surface area contributed by atoms with Crippen LogP contribution in [0.1, 0.15) is 25.7 Å². The number of terminal acetylenes is 1. The molecule has 2 heteroatoms. The van der Waals surface area contributed by atoms with Crippen molar-refractivity contribution in [3.05, 3.63) is 0 Å². The summed E-state index contributed by atoms with van der Waals surface area (Å²) in [6.45, 7) is 0.382. The topological polar surface area (TPSA) is 29.1 Å². The molecule has 0 bridgehead atoms. The fourth-order valence-electron chi connectivity index (χ4n) is 2.43. The van der Waals surface area contributed by atoms with Gasteiger partial charge in [0, 0.05) is 0 Å². The number of hydrogen-bond acceptors (Lipinski definition) is 1. The van der Waals surface area contributed by atoms with Crippen LogP contribution in [0.5, 0.6) is 0 Å². The van der Waals surface area contributed by atoms with Gasteiger partial charge in [-0.3, -0.25) is 4.79 Å². The molecule has 2 nitrogen and oxygen atoms in total. The predicted molar refractivity (Wildman–Crippen MR) is 46.2 cm³/mol. The average Bonchev–Trinajstić information content (AvgIpc) is 2.66. The fraction of sp³-hybridized carbons (Fsp3) is 0.700. The van der Waals surface area contributed by atoms with Gasteiger partial charge >= 0.3 is 0 Å². The van der Waals surface area contributed by atoms with E-state index in [1.165, 1.54) is 12.8 Å². The van der Waals surface area contributed by atoms with Gasteiger partial charge in [0.15, 0.2) is 0 Å². The van der Waals surface area contributed by atoms with E-state index in [1.54, 1.807) is 0 Å². The summed E-state index contributed by atoms with van der Waals surface area (Å²) < 4.78 is 0. The van der Waals surface area contributed by atoms with Gasteiger partial charge in [0.2, 0.25) is 5.91 Å². The molecular formula is C10H13NO. The lowest BCUT2D eigenvalue weighted by Crippen LogP contribution is -2.32. The summed E-state index contributed by atoms with van der Waals surface area (Å²) in [5.74, 6) is 3.30. The molecule has 0 aromatic rings. The van der Waals surface area contributed by atoms with Gasteiger partial charge in [-0.25, -0.2) is 0 Å². The molecule has 2 rings (SSSR count). The molecule has 2 aliphatic carbocycles. The Balaban J connectivity index is 1.93. The third kappa shape index (κ3) is 0.929. The van der Waals surface area contributed by atoms with Gasteiger partial charge in [-0.1, -0.05) is 12.3 Å². The van der Waals surface area contributed by atoms with Gasteiger partial charge in [-0.2, -0.15) is 0 Å². The highest BCUT2D eigenvalue weighted by atomic mass is 16.2. The van der Waals surface area contributed by atoms with Crippen molar-refractivity contribution in [1.29, 1.82) is 0 Å². The molecule has 12 heavy (non-hydrogen) atoms. The maximum absolute atomic E-state index is 11.6. The third-order valence-electron chi connectivity index (χ3n) is 3.21. The number of carbonyl (C=O) groups excluding carboxylic acids is 1. The molecule has 0 aromatic carbocycles. The summed E-state index contributed by atoms with van der Waals surface area (Å²) in [5, 5.41) is 2.78. The summed E-state index contributed by atoms with van der Waals surface area (Å²) in [6, 6.07) is 0. The average molecular weight is 163 g/mol. The van der Waals surface area contributed by atoms with Crippen molar-refractivity contribution in [3.8, 4) is 12.3 Å². The quantitative estimate of drug-likeness (QED) is 0.603. The molecule has 1 amide bonds. The summed E-state index contributed by atoms with van der Waals surface area (Å²) >= 11 is 0. The molecule has 2 unspecified atom stereocenters. The van der Waals surface area contributed by atoms with Crippen molar-refractivity contribution in [3.63, 3.8) is 0 Å². The zero-order valence-corrected chi connectivity index (χ0v) is 7.10. The maximum Gasteiger partial charge on any atom is 0.227 e. The zero-order chi connectivity index (χ0) is 8.60. The van der Waals surface area contributed by atoms with E-state index in [0.29, 0.717) is 12.5 Å². The first-order valence-corrected chi connectivity index (χ1v) is 4.51. The van der Waals surface area contributed by atoms with Crippen LogP contribution in [-0.2, 0) is 4.79 Å². The molecular weight excluding hydrogens is 150 g/mol. The van der Waals surface area contributed by atoms with Crippen LogP contribution in [0.4, 0.5) is 0 Å². The van der Waals surface area contributed by atoms with Gasteiger partial charge in [-0.15, -0.1) is 6.42 Å². The lowest BCUT2D eigenvalue weighted by Gasteiger charge is -2.09. The Morgan fingerprint density at radius 3 is 3.08 bits per heavy atom. The Kier molecular flexibility index (Phi) is 1.61. The molecule has 0 aliphatic heterocycles. The Labute approximate surface area is 72.7 Å². The molecule has 2 saturated carbocycles. The number of amides is 1. The zero-order valence-electron chi connectivity index (χ0n) is 7.10. The molecule has 64 valence electrons. The van der Waals surface area contributed by atoms with Gasteiger partial charge in [0.05, 0.1) is 12.0 Å². The Bertz CT molecular complexity index is 253. The van der Waals surface area contributed by atoms with E-state index in [9.17, 15) is 4.79 Å². The molecule has 1 N–H and O–H groups in total. The van der Waals surface area contributed by atoms with Crippen LogP contribution in [0.15, 0.2) is 0 Å². The van der Waals surface area contributed by atoms with E-state index >= 15 is 0 Å². The normalized spacial score (nSPS) is 36.8. The minimum atomic E-state index is 0.0247. The van der Waals surface area contributed by atoms with Crippen molar-refractivity contribution in [1.82, 2.24) is 5.32 Å². The van der Waals surface area contributed by atoms with E-state index in [0.717, 1.165) is 12.8 Å². The molecule has 0 spiro atoms. The number of fused-ring (bicyclic) bond motifs is 1. The summed E-state index contributed by atoms with van der Waals surface area (Å²) in [6.07, 6.45) is 9.70. The van der Waals surface area contributed by atoms with Gasteiger partial charge in [0.25, 0.3) is 0 Å². The Morgan fingerprint density at radius 2 is 2.58 bits per heavy atom. The van der Waals surface area contributed by atoms with Crippen molar-refractivity contribution >= 4 is 5.91 Å². The molecule has 0 heterocycles. The smallest absolute Gasteiger partial charge is 0.227 e. The van der Waals surface area contributed by atoms with E-state index in [2.05, 4.69) is 11.2 Å². The summed E-state index contributed by atoms with van der Waals surface area (Å²) in [5.41, 5.74) is 0.0247. The molecule has 2 aliphatic rings. The van der Waals surface area contributed by atoms with E-state index in [4.69, 9.17) is 6.42 Å². The van der Waals surface area contributed by atoms with E-state index in [-0.39, 0.29) is 11.3 Å². The number of hydrogen-bond donors (Lipinski definition) is 1.